The molecule has 0 unspecified atom stereocenters. The number of nitrogens with one attached hydrogen (secondary N) is 1. The average Bonchev–Trinajstić information content (AvgIpc) is 2.88. The largest absolute Gasteiger partial charge is 0.385 e. The highest BCUT2D eigenvalue weighted by Crippen LogP contribution is 2.13. The van der Waals surface area contributed by atoms with E-state index in [1.807, 2.05) is 0 Å². The van der Waals surface area contributed by atoms with E-state index in [1.54, 1.807) is 25.0 Å². The van der Waals surface area contributed by atoms with Gasteiger partial charge in [0.1, 0.15) is 4.90 Å². The van der Waals surface area contributed by atoms with E-state index in [0.717, 1.165) is 6.54 Å². The molecule has 1 heterocycles. The Labute approximate surface area is 127 Å². The fraction of sp³-hybridized carbons (Fsp3) is 0.769. The molecule has 0 aromatic carbocycles. The second-order valence-electron chi connectivity index (χ2n) is 5.22. The maximum Gasteiger partial charge on any atom is 0.245 e. The summed E-state index contributed by atoms with van der Waals surface area (Å²) >= 11 is 0. The van der Waals surface area contributed by atoms with E-state index in [9.17, 15) is 8.42 Å². The maximum atomic E-state index is 12.3. The zero-order valence-electron chi connectivity index (χ0n) is 13.2. The standard InChI is InChI=1S/C13H26N4O3S/c1-12(2)14-6-8-17-11-13(10-15-17)21(18,19)16(3)7-5-9-20-4/h10-12,14H,5-9H2,1-4H3. The molecule has 1 aromatic rings. The van der Waals surface area contributed by atoms with Crippen molar-refractivity contribution in [1.29, 1.82) is 0 Å². The van der Waals surface area contributed by atoms with Crippen molar-refractivity contribution in [1.82, 2.24) is 19.4 Å². The molecular formula is C13H26N4O3S. The van der Waals surface area contributed by atoms with Gasteiger partial charge >= 0.3 is 0 Å². The molecule has 0 aliphatic heterocycles. The average molecular weight is 318 g/mol. The minimum absolute atomic E-state index is 0.229. The van der Waals surface area contributed by atoms with Crippen LogP contribution in [0.4, 0.5) is 0 Å². The first-order valence-corrected chi connectivity index (χ1v) is 8.53. The number of rotatable bonds is 10. The summed E-state index contributed by atoms with van der Waals surface area (Å²) in [6.45, 7) is 6.49. The Bertz CT molecular complexity index is 513. The lowest BCUT2D eigenvalue weighted by molar-refractivity contribution is 0.189. The van der Waals surface area contributed by atoms with Crippen LogP contribution in [0.3, 0.4) is 0 Å². The third kappa shape index (κ3) is 5.74. The fourth-order valence-corrected chi connectivity index (χ4v) is 2.96. The molecule has 0 amide bonds. The minimum atomic E-state index is -3.47. The first-order valence-electron chi connectivity index (χ1n) is 7.09. The smallest absolute Gasteiger partial charge is 0.245 e. The number of methoxy groups -OCH3 is 1. The molecule has 0 bridgehead atoms. The summed E-state index contributed by atoms with van der Waals surface area (Å²) in [5.74, 6) is 0. The van der Waals surface area contributed by atoms with Crippen molar-refractivity contribution in [3.8, 4) is 0 Å². The highest BCUT2D eigenvalue weighted by molar-refractivity contribution is 7.89. The summed E-state index contributed by atoms with van der Waals surface area (Å²) in [5.41, 5.74) is 0. The van der Waals surface area contributed by atoms with Crippen LogP contribution in [-0.4, -0.2) is 62.4 Å². The Hall–Kier alpha value is -0.960. The molecule has 0 spiro atoms. The van der Waals surface area contributed by atoms with Gasteiger partial charge in [-0.2, -0.15) is 5.10 Å². The van der Waals surface area contributed by atoms with Crippen molar-refractivity contribution < 1.29 is 13.2 Å². The minimum Gasteiger partial charge on any atom is -0.385 e. The lowest BCUT2D eigenvalue weighted by Crippen LogP contribution is -2.28. The van der Waals surface area contributed by atoms with Crippen LogP contribution in [0.25, 0.3) is 0 Å². The summed E-state index contributed by atoms with van der Waals surface area (Å²) in [4.78, 5) is 0.229. The molecule has 0 fully saturated rings. The van der Waals surface area contributed by atoms with Crippen LogP contribution in [-0.2, 0) is 21.3 Å². The maximum absolute atomic E-state index is 12.3. The highest BCUT2D eigenvalue weighted by Gasteiger charge is 2.22. The van der Waals surface area contributed by atoms with E-state index in [2.05, 4.69) is 24.3 Å². The molecule has 1 rings (SSSR count). The molecule has 0 radical (unpaired) electrons. The van der Waals surface area contributed by atoms with Gasteiger partial charge in [0.05, 0.1) is 12.7 Å². The molecule has 122 valence electrons. The van der Waals surface area contributed by atoms with Gasteiger partial charge < -0.3 is 10.1 Å². The van der Waals surface area contributed by atoms with Crippen molar-refractivity contribution in [3.05, 3.63) is 12.4 Å². The zero-order chi connectivity index (χ0) is 15.9. The predicted molar refractivity (Wildman–Crippen MR) is 81.7 cm³/mol. The van der Waals surface area contributed by atoms with Gasteiger partial charge in [0, 0.05) is 46.1 Å². The van der Waals surface area contributed by atoms with Crippen LogP contribution in [0, 0.1) is 0 Å². The van der Waals surface area contributed by atoms with Crippen LogP contribution in [0.15, 0.2) is 17.3 Å². The van der Waals surface area contributed by atoms with Crippen molar-refractivity contribution >= 4 is 10.0 Å². The first-order chi connectivity index (χ1) is 9.87. The Morgan fingerprint density at radius 3 is 2.81 bits per heavy atom. The summed E-state index contributed by atoms with van der Waals surface area (Å²) in [7, 11) is -0.293. The van der Waals surface area contributed by atoms with Crippen LogP contribution in [0.5, 0.6) is 0 Å². The predicted octanol–water partition coefficient (Wildman–Crippen LogP) is 0.538. The van der Waals surface area contributed by atoms with Gasteiger partial charge in [-0.15, -0.1) is 0 Å². The van der Waals surface area contributed by atoms with Crippen molar-refractivity contribution in [3.63, 3.8) is 0 Å². The quantitative estimate of drug-likeness (QED) is 0.637. The third-order valence-corrected chi connectivity index (χ3v) is 4.84. The molecular weight excluding hydrogens is 292 g/mol. The second kappa shape index (κ2) is 8.47. The van der Waals surface area contributed by atoms with Crippen molar-refractivity contribution in [2.24, 2.45) is 0 Å². The Balaban J connectivity index is 2.61. The van der Waals surface area contributed by atoms with Crippen LogP contribution in [0.2, 0.25) is 0 Å². The first kappa shape index (κ1) is 18.1. The summed E-state index contributed by atoms with van der Waals surface area (Å²) in [5, 5.41) is 7.37. The highest BCUT2D eigenvalue weighted by atomic mass is 32.2. The lowest BCUT2D eigenvalue weighted by atomic mass is 10.4. The Kier molecular flexibility index (Phi) is 7.30. The lowest BCUT2D eigenvalue weighted by Gasteiger charge is -2.15. The van der Waals surface area contributed by atoms with E-state index >= 15 is 0 Å². The molecule has 1 N–H and O–H groups in total. The molecule has 7 nitrogen and oxygen atoms in total. The monoisotopic (exact) mass is 318 g/mol. The van der Waals surface area contributed by atoms with Gasteiger partial charge in [0.2, 0.25) is 10.0 Å². The van der Waals surface area contributed by atoms with Crippen molar-refractivity contribution in [2.75, 3.05) is 33.9 Å². The molecule has 0 aliphatic rings. The summed E-state index contributed by atoms with van der Waals surface area (Å²) < 4.78 is 32.6. The Morgan fingerprint density at radius 1 is 1.48 bits per heavy atom. The van der Waals surface area contributed by atoms with E-state index in [4.69, 9.17) is 4.74 Å². The molecule has 0 saturated carbocycles. The molecule has 1 aromatic heterocycles. The molecule has 0 atom stereocenters. The molecule has 8 heteroatoms. The van der Waals surface area contributed by atoms with Gasteiger partial charge in [0.25, 0.3) is 0 Å². The van der Waals surface area contributed by atoms with E-state index in [-0.39, 0.29) is 4.90 Å². The number of ether oxygens (including phenoxy) is 1. The Morgan fingerprint density at radius 2 is 2.19 bits per heavy atom. The number of sulfonamides is 1. The normalized spacial score (nSPS) is 12.5. The van der Waals surface area contributed by atoms with Crippen LogP contribution < -0.4 is 5.32 Å². The molecule has 21 heavy (non-hydrogen) atoms. The topological polar surface area (TPSA) is 76.5 Å². The van der Waals surface area contributed by atoms with Gasteiger partial charge in [-0.3, -0.25) is 4.68 Å². The zero-order valence-corrected chi connectivity index (χ0v) is 14.1. The number of nitrogens with zero attached hydrogens (tertiary/aromatic N) is 3. The number of aromatic nitrogens is 2. The SMILES string of the molecule is COCCCN(C)S(=O)(=O)c1cnn(CCNC(C)C)c1. The number of hydrogen-bond donors (Lipinski definition) is 1. The summed E-state index contributed by atoms with van der Waals surface area (Å²) in [6.07, 6.45) is 3.64. The van der Waals surface area contributed by atoms with Gasteiger partial charge in [-0.05, 0) is 6.42 Å². The third-order valence-electron chi connectivity index (χ3n) is 3.03. The van der Waals surface area contributed by atoms with E-state index in [1.165, 1.54) is 10.5 Å². The van der Waals surface area contributed by atoms with Crippen LogP contribution >= 0.6 is 0 Å². The second-order valence-corrected chi connectivity index (χ2v) is 7.27. The fourth-order valence-electron chi connectivity index (χ4n) is 1.80. The van der Waals surface area contributed by atoms with E-state index in [0.29, 0.717) is 32.2 Å². The molecule has 0 aliphatic carbocycles. The summed E-state index contributed by atoms with van der Waals surface area (Å²) in [6, 6.07) is 0.399. The van der Waals surface area contributed by atoms with Gasteiger partial charge in [-0.25, -0.2) is 12.7 Å². The van der Waals surface area contributed by atoms with Crippen molar-refractivity contribution in [2.45, 2.75) is 37.8 Å². The van der Waals surface area contributed by atoms with E-state index < -0.39 is 10.0 Å². The van der Waals surface area contributed by atoms with Crippen LogP contribution in [0.1, 0.15) is 20.3 Å². The van der Waals surface area contributed by atoms with Gasteiger partial charge in [-0.1, -0.05) is 13.8 Å². The van der Waals surface area contributed by atoms with Gasteiger partial charge in [0.15, 0.2) is 0 Å². The number of hydrogen-bond acceptors (Lipinski definition) is 5. The molecule has 0 saturated heterocycles.